The van der Waals surface area contributed by atoms with Crippen molar-refractivity contribution in [1.82, 2.24) is 4.98 Å². The van der Waals surface area contributed by atoms with E-state index in [9.17, 15) is 0 Å². The summed E-state index contributed by atoms with van der Waals surface area (Å²) in [6.07, 6.45) is 3.13. The molecule has 2 heterocycles. The van der Waals surface area contributed by atoms with E-state index < -0.39 is 0 Å². The number of pyridine rings is 1. The molecule has 1 aliphatic rings. The van der Waals surface area contributed by atoms with Gasteiger partial charge in [0, 0.05) is 25.3 Å². The molecule has 1 saturated heterocycles. The standard InChI is InChI=1S/C15H25N3/c1-11(16)12-5-7-17-14(9-12)18-8-6-13(10-18)15(2,3)4/h5,7,9,11,13H,6,8,10,16H2,1-4H3/t11-,13?/m0/s1. The third-order valence-corrected chi connectivity index (χ3v) is 4.03. The summed E-state index contributed by atoms with van der Waals surface area (Å²) in [5.74, 6) is 1.83. The zero-order valence-electron chi connectivity index (χ0n) is 12.0. The lowest BCUT2D eigenvalue weighted by molar-refractivity contribution is 0.263. The second-order valence-electron chi connectivity index (χ2n) is 6.53. The molecule has 100 valence electrons. The smallest absolute Gasteiger partial charge is 0.128 e. The maximum Gasteiger partial charge on any atom is 0.128 e. The van der Waals surface area contributed by atoms with Gasteiger partial charge in [-0.05, 0) is 42.4 Å². The second kappa shape index (κ2) is 4.88. The Balaban J connectivity index is 2.12. The minimum Gasteiger partial charge on any atom is -0.356 e. The fourth-order valence-corrected chi connectivity index (χ4v) is 2.57. The van der Waals surface area contributed by atoms with Crippen molar-refractivity contribution < 1.29 is 0 Å². The van der Waals surface area contributed by atoms with Crippen molar-refractivity contribution in [2.75, 3.05) is 18.0 Å². The van der Waals surface area contributed by atoms with E-state index in [1.807, 2.05) is 19.2 Å². The molecule has 1 aromatic rings. The minimum atomic E-state index is 0.0766. The van der Waals surface area contributed by atoms with Crippen LogP contribution in [-0.2, 0) is 0 Å². The fraction of sp³-hybridized carbons (Fsp3) is 0.667. The number of rotatable bonds is 2. The van der Waals surface area contributed by atoms with E-state index in [-0.39, 0.29) is 6.04 Å². The summed E-state index contributed by atoms with van der Waals surface area (Å²) >= 11 is 0. The highest BCUT2D eigenvalue weighted by atomic mass is 15.2. The van der Waals surface area contributed by atoms with Crippen LogP contribution in [0.5, 0.6) is 0 Å². The topological polar surface area (TPSA) is 42.1 Å². The lowest BCUT2D eigenvalue weighted by Crippen LogP contribution is -2.26. The van der Waals surface area contributed by atoms with E-state index in [1.54, 1.807) is 0 Å². The number of aromatic nitrogens is 1. The van der Waals surface area contributed by atoms with E-state index >= 15 is 0 Å². The first-order valence-electron chi connectivity index (χ1n) is 6.84. The average Bonchev–Trinajstić information content (AvgIpc) is 2.78. The van der Waals surface area contributed by atoms with Gasteiger partial charge >= 0.3 is 0 Å². The Morgan fingerprint density at radius 2 is 2.17 bits per heavy atom. The van der Waals surface area contributed by atoms with E-state index in [1.165, 1.54) is 12.0 Å². The predicted octanol–water partition coefficient (Wildman–Crippen LogP) is 2.97. The molecule has 0 spiro atoms. The first kappa shape index (κ1) is 13.3. The lowest BCUT2D eigenvalue weighted by Gasteiger charge is -2.27. The Morgan fingerprint density at radius 1 is 1.44 bits per heavy atom. The number of anilines is 1. The summed E-state index contributed by atoms with van der Waals surface area (Å²) in [6.45, 7) is 11.2. The highest BCUT2D eigenvalue weighted by Gasteiger charge is 2.32. The van der Waals surface area contributed by atoms with Crippen LogP contribution in [0.4, 0.5) is 5.82 Å². The average molecular weight is 247 g/mol. The van der Waals surface area contributed by atoms with E-state index in [2.05, 4.69) is 36.7 Å². The molecule has 0 bridgehead atoms. The summed E-state index contributed by atoms with van der Waals surface area (Å²) in [7, 11) is 0. The van der Waals surface area contributed by atoms with Crippen LogP contribution in [0.3, 0.4) is 0 Å². The van der Waals surface area contributed by atoms with Gasteiger partial charge in [-0.15, -0.1) is 0 Å². The van der Waals surface area contributed by atoms with Gasteiger partial charge in [-0.25, -0.2) is 4.98 Å². The molecule has 1 unspecified atom stereocenters. The Labute approximate surface area is 110 Å². The summed E-state index contributed by atoms with van der Waals surface area (Å²) in [5, 5.41) is 0. The molecule has 0 saturated carbocycles. The van der Waals surface area contributed by atoms with Crippen LogP contribution in [0.1, 0.15) is 45.7 Å². The summed E-state index contributed by atoms with van der Waals surface area (Å²) in [4.78, 5) is 6.88. The number of nitrogens with two attached hydrogens (primary N) is 1. The van der Waals surface area contributed by atoms with Crippen LogP contribution in [0.2, 0.25) is 0 Å². The van der Waals surface area contributed by atoms with Gasteiger partial charge in [0.15, 0.2) is 0 Å². The highest BCUT2D eigenvalue weighted by Crippen LogP contribution is 2.35. The molecule has 3 heteroatoms. The molecule has 3 nitrogen and oxygen atoms in total. The van der Waals surface area contributed by atoms with Crippen molar-refractivity contribution in [3.05, 3.63) is 23.9 Å². The van der Waals surface area contributed by atoms with Crippen molar-refractivity contribution in [3.8, 4) is 0 Å². The second-order valence-corrected chi connectivity index (χ2v) is 6.53. The molecule has 1 aromatic heterocycles. The number of nitrogens with zero attached hydrogens (tertiary/aromatic N) is 2. The summed E-state index contributed by atoms with van der Waals surface area (Å²) < 4.78 is 0. The monoisotopic (exact) mass is 247 g/mol. The van der Waals surface area contributed by atoms with Gasteiger partial charge in [0.2, 0.25) is 0 Å². The van der Waals surface area contributed by atoms with Crippen LogP contribution in [0.15, 0.2) is 18.3 Å². The van der Waals surface area contributed by atoms with Crippen molar-refractivity contribution >= 4 is 5.82 Å². The molecule has 0 aliphatic carbocycles. The van der Waals surface area contributed by atoms with Crippen LogP contribution in [-0.4, -0.2) is 18.1 Å². The number of hydrogen-bond acceptors (Lipinski definition) is 3. The van der Waals surface area contributed by atoms with Gasteiger partial charge < -0.3 is 10.6 Å². The number of hydrogen-bond donors (Lipinski definition) is 1. The van der Waals surface area contributed by atoms with Gasteiger partial charge in [0.1, 0.15) is 5.82 Å². The minimum absolute atomic E-state index is 0.0766. The molecular weight excluding hydrogens is 222 g/mol. The Hall–Kier alpha value is -1.09. The molecule has 18 heavy (non-hydrogen) atoms. The Morgan fingerprint density at radius 3 is 2.72 bits per heavy atom. The van der Waals surface area contributed by atoms with E-state index in [0.29, 0.717) is 5.41 Å². The normalized spacial score (nSPS) is 22.3. The zero-order valence-corrected chi connectivity index (χ0v) is 12.0. The Bertz CT molecular complexity index is 406. The van der Waals surface area contributed by atoms with Crippen molar-refractivity contribution in [2.45, 2.75) is 40.2 Å². The zero-order chi connectivity index (χ0) is 13.3. The van der Waals surface area contributed by atoms with Gasteiger partial charge in [-0.3, -0.25) is 0 Å². The molecule has 2 N–H and O–H groups in total. The van der Waals surface area contributed by atoms with Crippen molar-refractivity contribution in [1.29, 1.82) is 0 Å². The molecule has 2 atom stereocenters. The fourth-order valence-electron chi connectivity index (χ4n) is 2.57. The SMILES string of the molecule is C[C@H](N)c1ccnc(N2CCC(C(C)(C)C)C2)c1. The van der Waals surface area contributed by atoms with Crippen LogP contribution >= 0.6 is 0 Å². The molecule has 2 rings (SSSR count). The third kappa shape index (κ3) is 2.83. The first-order chi connectivity index (χ1) is 8.38. The van der Waals surface area contributed by atoms with Gasteiger partial charge in [-0.1, -0.05) is 20.8 Å². The first-order valence-corrected chi connectivity index (χ1v) is 6.84. The molecule has 0 aromatic carbocycles. The van der Waals surface area contributed by atoms with Crippen LogP contribution in [0.25, 0.3) is 0 Å². The Kier molecular flexibility index (Phi) is 3.62. The van der Waals surface area contributed by atoms with Crippen molar-refractivity contribution in [3.63, 3.8) is 0 Å². The largest absolute Gasteiger partial charge is 0.356 e. The quantitative estimate of drug-likeness (QED) is 0.873. The molecule has 1 aliphatic heterocycles. The highest BCUT2D eigenvalue weighted by molar-refractivity contribution is 5.43. The van der Waals surface area contributed by atoms with Gasteiger partial charge in [-0.2, -0.15) is 0 Å². The molecule has 0 radical (unpaired) electrons. The van der Waals surface area contributed by atoms with E-state index in [4.69, 9.17) is 5.73 Å². The maximum atomic E-state index is 5.93. The third-order valence-electron chi connectivity index (χ3n) is 4.03. The summed E-state index contributed by atoms with van der Waals surface area (Å²) in [6, 6.07) is 4.22. The maximum absolute atomic E-state index is 5.93. The van der Waals surface area contributed by atoms with Crippen LogP contribution in [0, 0.1) is 11.3 Å². The molecule has 0 amide bonds. The summed E-state index contributed by atoms with van der Waals surface area (Å²) in [5.41, 5.74) is 7.48. The molecular formula is C15H25N3. The van der Waals surface area contributed by atoms with Gasteiger partial charge in [0.05, 0.1) is 0 Å². The lowest BCUT2D eigenvalue weighted by atomic mass is 9.80. The van der Waals surface area contributed by atoms with Gasteiger partial charge in [0.25, 0.3) is 0 Å². The van der Waals surface area contributed by atoms with Crippen molar-refractivity contribution in [2.24, 2.45) is 17.1 Å². The van der Waals surface area contributed by atoms with Crippen LogP contribution < -0.4 is 10.6 Å². The predicted molar refractivity (Wildman–Crippen MR) is 76.6 cm³/mol. The molecule has 1 fully saturated rings. The van der Waals surface area contributed by atoms with E-state index in [0.717, 1.165) is 24.8 Å².